The fourth-order valence-electron chi connectivity index (χ4n) is 11.5. The van der Waals surface area contributed by atoms with Crippen LogP contribution < -0.4 is 0 Å². The first kappa shape index (κ1) is 36.1. The van der Waals surface area contributed by atoms with Crippen LogP contribution >= 0.6 is 0 Å². The van der Waals surface area contributed by atoms with Crippen LogP contribution in [0.5, 0.6) is 0 Å². The van der Waals surface area contributed by atoms with Crippen LogP contribution in [0.4, 0.5) is 0 Å². The maximum Gasteiger partial charge on any atom is 0.331 e. The summed E-state index contributed by atoms with van der Waals surface area (Å²) in [5, 5.41) is 65.4. The summed E-state index contributed by atoms with van der Waals surface area (Å²) in [6, 6.07) is 0. The number of aliphatic hydroxyl groups excluding tert-OH is 4. The molecule has 0 radical (unpaired) electrons. The van der Waals surface area contributed by atoms with Crippen LogP contribution in [-0.4, -0.2) is 130 Å². The van der Waals surface area contributed by atoms with E-state index in [0.717, 1.165) is 44.1 Å². The van der Waals surface area contributed by atoms with Crippen molar-refractivity contribution in [3.05, 3.63) is 11.6 Å². The zero-order valence-corrected chi connectivity index (χ0v) is 29.1. The Hall–Kier alpha value is -1.23. The van der Waals surface area contributed by atoms with Crippen LogP contribution in [0.2, 0.25) is 0 Å². The Balaban J connectivity index is 0.994. The number of ether oxygens (including phenoxy) is 6. The molecule has 4 aliphatic carbocycles. The predicted octanol–water partition coefficient (Wildman–Crippen LogP) is 1.08. The Morgan fingerprint density at radius 2 is 1.63 bits per heavy atom. The molecule has 13 heteroatoms. The minimum atomic E-state index is -1.56. The zero-order chi connectivity index (χ0) is 35.1. The van der Waals surface area contributed by atoms with E-state index in [0.29, 0.717) is 32.3 Å². The van der Waals surface area contributed by atoms with E-state index in [4.69, 9.17) is 28.4 Å². The lowest BCUT2D eigenvalue weighted by Gasteiger charge is -2.66. The summed E-state index contributed by atoms with van der Waals surface area (Å²) < 4.78 is 35.4. The van der Waals surface area contributed by atoms with Crippen molar-refractivity contribution in [2.75, 3.05) is 20.3 Å². The molecular weight excluding hydrogens is 640 g/mol. The maximum absolute atomic E-state index is 12.5. The molecule has 11 unspecified atom stereocenters. The number of carbonyl (C=O) groups is 1. The fraction of sp³-hybridized carbons (Fsp3) is 0.917. The molecule has 0 bridgehead atoms. The van der Waals surface area contributed by atoms with Gasteiger partial charge in [0.15, 0.2) is 12.6 Å². The Labute approximate surface area is 287 Å². The minimum Gasteiger partial charge on any atom is -0.458 e. The molecule has 278 valence electrons. The van der Waals surface area contributed by atoms with Crippen molar-refractivity contribution in [2.45, 2.75) is 158 Å². The predicted molar refractivity (Wildman–Crippen MR) is 170 cm³/mol. The van der Waals surface area contributed by atoms with Crippen LogP contribution in [0, 0.1) is 28.6 Å². The van der Waals surface area contributed by atoms with Gasteiger partial charge in [0.1, 0.15) is 37.1 Å². The van der Waals surface area contributed by atoms with Crippen molar-refractivity contribution in [3.63, 3.8) is 0 Å². The second kappa shape index (κ2) is 13.0. The monoisotopic (exact) mass is 696 g/mol. The van der Waals surface area contributed by atoms with Gasteiger partial charge in [-0.25, -0.2) is 4.79 Å². The summed E-state index contributed by atoms with van der Waals surface area (Å²) in [5.74, 6) is 0.0783. The molecule has 17 atom stereocenters. The molecular formula is C36H56O13. The van der Waals surface area contributed by atoms with Crippen molar-refractivity contribution in [1.29, 1.82) is 0 Å². The third-order valence-corrected chi connectivity index (χ3v) is 14.5. The quantitative estimate of drug-likeness (QED) is 0.164. The van der Waals surface area contributed by atoms with Gasteiger partial charge in [0.25, 0.3) is 0 Å². The number of aliphatic hydroxyl groups is 6. The number of methoxy groups -OCH3 is 1. The lowest BCUT2D eigenvalue weighted by molar-refractivity contribution is -0.347. The number of hydrogen-bond acceptors (Lipinski definition) is 13. The van der Waals surface area contributed by atoms with Crippen molar-refractivity contribution >= 4 is 5.97 Å². The molecule has 7 rings (SSSR count). The molecule has 3 aliphatic heterocycles. The summed E-state index contributed by atoms with van der Waals surface area (Å²) in [7, 11) is 1.55. The first-order chi connectivity index (χ1) is 23.2. The Morgan fingerprint density at radius 3 is 2.33 bits per heavy atom. The van der Waals surface area contributed by atoms with E-state index in [1.165, 1.54) is 0 Å². The van der Waals surface area contributed by atoms with E-state index in [1.807, 2.05) is 0 Å². The highest BCUT2D eigenvalue weighted by Crippen LogP contribution is 2.70. The number of cyclic esters (lactones) is 1. The van der Waals surface area contributed by atoms with Gasteiger partial charge in [-0.15, -0.1) is 0 Å². The van der Waals surface area contributed by atoms with E-state index in [9.17, 15) is 35.4 Å². The fourth-order valence-corrected chi connectivity index (χ4v) is 11.5. The molecule has 3 heterocycles. The summed E-state index contributed by atoms with van der Waals surface area (Å²) >= 11 is 0. The van der Waals surface area contributed by atoms with Gasteiger partial charge in [-0.3, -0.25) is 0 Å². The highest BCUT2D eigenvalue weighted by molar-refractivity contribution is 5.85. The van der Waals surface area contributed by atoms with E-state index in [-0.39, 0.29) is 40.7 Å². The van der Waals surface area contributed by atoms with Crippen molar-refractivity contribution in [2.24, 2.45) is 28.6 Å². The highest BCUT2D eigenvalue weighted by Gasteiger charge is 2.70. The average molecular weight is 697 g/mol. The molecule has 6 N–H and O–H groups in total. The molecule has 7 aliphatic rings. The van der Waals surface area contributed by atoms with Gasteiger partial charge in [0, 0.05) is 31.4 Å². The van der Waals surface area contributed by atoms with Gasteiger partial charge in [0.2, 0.25) is 0 Å². The van der Waals surface area contributed by atoms with Gasteiger partial charge in [-0.05, 0) is 87.0 Å². The van der Waals surface area contributed by atoms with E-state index in [2.05, 4.69) is 13.8 Å². The van der Waals surface area contributed by atoms with Crippen molar-refractivity contribution in [3.8, 4) is 0 Å². The van der Waals surface area contributed by atoms with Gasteiger partial charge in [-0.2, -0.15) is 0 Å². The normalized spacial score (nSPS) is 54.4. The molecule has 6 fully saturated rings. The molecule has 2 saturated heterocycles. The van der Waals surface area contributed by atoms with Crippen LogP contribution in [0.15, 0.2) is 11.6 Å². The summed E-state index contributed by atoms with van der Waals surface area (Å²) in [6.07, 6.45) is -1.10. The van der Waals surface area contributed by atoms with Crippen LogP contribution in [0.1, 0.15) is 85.0 Å². The summed E-state index contributed by atoms with van der Waals surface area (Å²) in [6.45, 7) is 5.98. The largest absolute Gasteiger partial charge is 0.458 e. The number of hydrogen-bond donors (Lipinski definition) is 6. The molecule has 0 amide bonds. The van der Waals surface area contributed by atoms with Crippen molar-refractivity contribution in [1.82, 2.24) is 0 Å². The van der Waals surface area contributed by atoms with Gasteiger partial charge < -0.3 is 59.1 Å². The molecule has 4 saturated carbocycles. The van der Waals surface area contributed by atoms with Crippen molar-refractivity contribution < 1.29 is 63.9 Å². The molecule has 13 nitrogen and oxygen atoms in total. The molecule has 0 aromatic heterocycles. The van der Waals surface area contributed by atoms with Gasteiger partial charge in [-0.1, -0.05) is 13.8 Å². The lowest BCUT2D eigenvalue weighted by Crippen LogP contribution is -2.67. The Bertz CT molecular complexity index is 1280. The summed E-state index contributed by atoms with van der Waals surface area (Å²) in [4.78, 5) is 11.9. The standard InChI is InChI=1S/C36H56O13/c1-18-31(49-32-30(41)29(40)28(39)25(16-37)48-32)24(44-4)14-27(46-18)47-20-5-9-33(2)22-6-10-34(3)21(19-13-26(38)45-17-19)8-12-36(34,43)23(22)7-11-35(33,42)15-20/h13,18,20-25,27-32,37,39-43H,5-12,14-17H2,1-4H3/t18?,20?,21?,22-,23-,24?,25?,27?,28?,29?,30?,31?,32?,33-,34-,35+,36+/m1/s1. The number of carbonyl (C=O) groups excluding carboxylic acids is 1. The maximum atomic E-state index is 12.5. The first-order valence-electron chi connectivity index (χ1n) is 18.3. The van der Waals surface area contributed by atoms with Crippen LogP contribution in [-0.2, 0) is 33.2 Å². The van der Waals surface area contributed by atoms with E-state index in [1.54, 1.807) is 20.1 Å². The Morgan fingerprint density at radius 1 is 0.898 bits per heavy atom. The summed E-state index contributed by atoms with van der Waals surface area (Å²) in [5.41, 5.74) is -1.52. The first-order valence-corrected chi connectivity index (χ1v) is 18.3. The zero-order valence-electron chi connectivity index (χ0n) is 29.1. The minimum absolute atomic E-state index is 0.0724. The second-order valence-electron chi connectivity index (χ2n) is 16.6. The molecule has 0 spiro atoms. The van der Waals surface area contributed by atoms with Gasteiger partial charge >= 0.3 is 5.97 Å². The third-order valence-electron chi connectivity index (χ3n) is 14.5. The second-order valence-corrected chi connectivity index (χ2v) is 16.6. The molecule has 0 aromatic rings. The average Bonchev–Trinajstić information content (AvgIpc) is 3.61. The van der Waals surface area contributed by atoms with Gasteiger partial charge in [0.05, 0.1) is 36.1 Å². The lowest BCUT2D eigenvalue weighted by atomic mass is 9.42. The van der Waals surface area contributed by atoms with E-state index < -0.39 is 73.1 Å². The van der Waals surface area contributed by atoms with E-state index >= 15 is 0 Å². The number of fused-ring (bicyclic) bond motifs is 5. The smallest absolute Gasteiger partial charge is 0.331 e. The SMILES string of the molecule is COC1CC(OC2CC[C@]3(C)[C@@H]4CC[C@]5(C)C(C6=CC(=O)OC6)CC[C@]5(O)[C@@H]4CC[C@]3(O)C2)OC(C)C1OC1OC(CO)C(O)C(O)C1O. The Kier molecular flexibility index (Phi) is 9.60. The molecule has 0 aromatic carbocycles. The third kappa shape index (κ3) is 5.65. The van der Waals surface area contributed by atoms with Crippen LogP contribution in [0.25, 0.3) is 0 Å². The van der Waals surface area contributed by atoms with Crippen LogP contribution in [0.3, 0.4) is 0 Å². The number of esters is 1. The number of rotatable bonds is 7. The highest BCUT2D eigenvalue weighted by atomic mass is 16.7. The topological polar surface area (TPSA) is 194 Å². The molecule has 49 heavy (non-hydrogen) atoms.